The van der Waals surface area contributed by atoms with Gasteiger partial charge in [0.15, 0.2) is 0 Å². The molecule has 1 heterocycles. The summed E-state index contributed by atoms with van der Waals surface area (Å²) in [5, 5.41) is 0.962. The number of para-hydroxylation sites is 1. The van der Waals surface area contributed by atoms with Gasteiger partial charge in [-0.2, -0.15) is 0 Å². The highest BCUT2D eigenvalue weighted by molar-refractivity contribution is 7.90. The van der Waals surface area contributed by atoms with Crippen molar-refractivity contribution in [3.05, 3.63) is 66.4 Å². The van der Waals surface area contributed by atoms with Gasteiger partial charge in [-0.25, -0.2) is 12.4 Å². The van der Waals surface area contributed by atoms with Crippen LogP contribution in [0.2, 0.25) is 0 Å². The van der Waals surface area contributed by atoms with Gasteiger partial charge in [0.25, 0.3) is 10.0 Å². The number of rotatable bonds is 4. The smallest absolute Gasteiger partial charge is 0.268 e. The molecule has 0 radical (unpaired) electrons. The fourth-order valence-electron chi connectivity index (χ4n) is 2.98. The van der Waals surface area contributed by atoms with Gasteiger partial charge in [0.1, 0.15) is 0 Å². The predicted molar refractivity (Wildman–Crippen MR) is 90.8 cm³/mol. The third-order valence-electron chi connectivity index (χ3n) is 4.50. The maximum atomic E-state index is 13.0. The second-order valence-electron chi connectivity index (χ2n) is 6.32. The summed E-state index contributed by atoms with van der Waals surface area (Å²) in [4.78, 5) is 0.293. The lowest BCUT2D eigenvalue weighted by molar-refractivity contribution is 0.588. The highest BCUT2D eigenvalue weighted by Crippen LogP contribution is 2.38. The van der Waals surface area contributed by atoms with Crippen molar-refractivity contribution in [2.45, 2.75) is 29.7 Å². The minimum Gasteiger partial charge on any atom is -0.325 e. The van der Waals surface area contributed by atoms with Gasteiger partial charge in [-0.05, 0) is 43.0 Å². The standard InChI is InChI=1S/C18H18N2O2S/c19-18(10-11-18)12-14-13-20(17-9-5-4-8-16(14)17)23(21,22)15-6-2-1-3-7-15/h1-9,13H,10-12,19H2. The molecule has 0 atom stereocenters. The van der Waals surface area contributed by atoms with E-state index in [1.54, 1.807) is 30.5 Å². The van der Waals surface area contributed by atoms with Crippen LogP contribution in [-0.4, -0.2) is 17.9 Å². The SMILES string of the molecule is NC1(Cc2cn(S(=O)(=O)c3ccccc3)c3ccccc23)CC1. The largest absolute Gasteiger partial charge is 0.325 e. The minimum absolute atomic E-state index is 0.161. The summed E-state index contributed by atoms with van der Waals surface area (Å²) in [5.41, 5.74) is 7.78. The van der Waals surface area contributed by atoms with Crippen LogP contribution in [0.4, 0.5) is 0 Å². The number of benzene rings is 2. The van der Waals surface area contributed by atoms with E-state index in [1.807, 2.05) is 30.3 Å². The van der Waals surface area contributed by atoms with Crippen molar-refractivity contribution in [1.29, 1.82) is 0 Å². The summed E-state index contributed by atoms with van der Waals surface area (Å²) in [6.45, 7) is 0. The number of hydrogen-bond donors (Lipinski definition) is 1. The van der Waals surface area contributed by atoms with Gasteiger partial charge in [-0.15, -0.1) is 0 Å². The maximum absolute atomic E-state index is 13.0. The summed E-state index contributed by atoms with van der Waals surface area (Å²) in [5.74, 6) is 0. The van der Waals surface area contributed by atoms with Gasteiger partial charge < -0.3 is 5.73 Å². The summed E-state index contributed by atoms with van der Waals surface area (Å²) in [6.07, 6.45) is 4.45. The Morgan fingerprint density at radius 2 is 1.65 bits per heavy atom. The average Bonchev–Trinajstić information content (AvgIpc) is 3.17. The zero-order chi connectivity index (χ0) is 16.1. The van der Waals surface area contributed by atoms with E-state index in [4.69, 9.17) is 5.73 Å². The molecule has 2 aromatic carbocycles. The number of nitrogens with zero attached hydrogens (tertiary/aromatic N) is 1. The Morgan fingerprint density at radius 3 is 2.35 bits per heavy atom. The first-order valence-corrected chi connectivity index (χ1v) is 9.12. The number of aromatic nitrogens is 1. The van der Waals surface area contributed by atoms with E-state index in [0.717, 1.165) is 23.8 Å². The molecule has 2 N–H and O–H groups in total. The number of fused-ring (bicyclic) bond motifs is 1. The average molecular weight is 326 g/mol. The van der Waals surface area contributed by atoms with E-state index in [2.05, 4.69) is 0 Å². The molecule has 1 aliphatic carbocycles. The lowest BCUT2D eigenvalue weighted by atomic mass is 10.0. The normalized spacial score (nSPS) is 16.6. The van der Waals surface area contributed by atoms with Crippen LogP contribution in [0.5, 0.6) is 0 Å². The van der Waals surface area contributed by atoms with Gasteiger partial charge in [0.2, 0.25) is 0 Å². The molecule has 23 heavy (non-hydrogen) atoms. The van der Waals surface area contributed by atoms with Gasteiger partial charge in [0.05, 0.1) is 10.4 Å². The van der Waals surface area contributed by atoms with Crippen molar-refractivity contribution in [2.75, 3.05) is 0 Å². The predicted octanol–water partition coefficient (Wildman–Crippen LogP) is 2.91. The third-order valence-corrected chi connectivity index (χ3v) is 6.18. The van der Waals surface area contributed by atoms with Crippen LogP contribution in [0.1, 0.15) is 18.4 Å². The van der Waals surface area contributed by atoms with Crippen molar-refractivity contribution in [3.63, 3.8) is 0 Å². The zero-order valence-corrected chi connectivity index (χ0v) is 13.5. The Kier molecular flexibility index (Phi) is 3.11. The highest BCUT2D eigenvalue weighted by Gasteiger charge is 2.39. The lowest BCUT2D eigenvalue weighted by Crippen LogP contribution is -2.24. The molecule has 1 aromatic heterocycles. The van der Waals surface area contributed by atoms with Crippen LogP contribution in [0.3, 0.4) is 0 Å². The third kappa shape index (κ3) is 2.46. The Balaban J connectivity index is 1.90. The van der Waals surface area contributed by atoms with Crippen molar-refractivity contribution >= 4 is 20.9 Å². The molecule has 1 aliphatic rings. The highest BCUT2D eigenvalue weighted by atomic mass is 32.2. The molecule has 0 aliphatic heterocycles. The molecule has 4 rings (SSSR count). The fraction of sp³-hybridized carbons (Fsp3) is 0.222. The van der Waals surface area contributed by atoms with Crippen LogP contribution < -0.4 is 5.73 Å². The molecule has 1 fully saturated rings. The van der Waals surface area contributed by atoms with Crippen molar-refractivity contribution < 1.29 is 8.42 Å². The molecular weight excluding hydrogens is 308 g/mol. The summed E-state index contributed by atoms with van der Waals surface area (Å²) in [6, 6.07) is 16.1. The summed E-state index contributed by atoms with van der Waals surface area (Å²) in [7, 11) is -3.60. The quantitative estimate of drug-likeness (QED) is 0.802. The zero-order valence-electron chi connectivity index (χ0n) is 12.6. The Bertz CT molecular complexity index is 971. The number of nitrogens with two attached hydrogens (primary N) is 1. The van der Waals surface area contributed by atoms with Crippen LogP contribution >= 0.6 is 0 Å². The second-order valence-corrected chi connectivity index (χ2v) is 8.14. The maximum Gasteiger partial charge on any atom is 0.268 e. The van der Waals surface area contributed by atoms with E-state index in [1.165, 1.54) is 3.97 Å². The molecule has 0 saturated heterocycles. The number of hydrogen-bond acceptors (Lipinski definition) is 3. The first kappa shape index (κ1) is 14.5. The van der Waals surface area contributed by atoms with Gasteiger partial charge in [0, 0.05) is 17.1 Å². The molecule has 0 spiro atoms. The molecule has 5 heteroatoms. The lowest BCUT2D eigenvalue weighted by Gasteiger charge is -2.07. The topological polar surface area (TPSA) is 65.1 Å². The molecule has 3 aromatic rings. The molecule has 1 saturated carbocycles. The molecule has 0 amide bonds. The molecule has 0 bridgehead atoms. The van der Waals surface area contributed by atoms with E-state index in [9.17, 15) is 8.42 Å². The van der Waals surface area contributed by atoms with E-state index < -0.39 is 10.0 Å². The monoisotopic (exact) mass is 326 g/mol. The Labute approximate surface area is 135 Å². The molecular formula is C18H18N2O2S. The van der Waals surface area contributed by atoms with Crippen molar-refractivity contribution in [2.24, 2.45) is 5.73 Å². The van der Waals surface area contributed by atoms with E-state index >= 15 is 0 Å². The first-order valence-electron chi connectivity index (χ1n) is 7.68. The summed E-state index contributed by atoms with van der Waals surface area (Å²) < 4.78 is 27.3. The Hall–Kier alpha value is -2.11. The van der Waals surface area contributed by atoms with Crippen LogP contribution in [0.25, 0.3) is 10.9 Å². The van der Waals surface area contributed by atoms with Crippen LogP contribution in [0, 0.1) is 0 Å². The van der Waals surface area contributed by atoms with Gasteiger partial charge >= 0.3 is 0 Å². The van der Waals surface area contributed by atoms with Crippen molar-refractivity contribution in [3.8, 4) is 0 Å². The molecule has 4 nitrogen and oxygen atoms in total. The Morgan fingerprint density at radius 1 is 1.00 bits per heavy atom. The van der Waals surface area contributed by atoms with Gasteiger partial charge in [-0.3, -0.25) is 0 Å². The summed E-state index contributed by atoms with van der Waals surface area (Å²) >= 11 is 0. The van der Waals surface area contributed by atoms with E-state index in [0.29, 0.717) is 16.8 Å². The van der Waals surface area contributed by atoms with E-state index in [-0.39, 0.29) is 5.54 Å². The van der Waals surface area contributed by atoms with Crippen molar-refractivity contribution in [1.82, 2.24) is 3.97 Å². The molecule has 118 valence electrons. The minimum atomic E-state index is -3.60. The fourth-order valence-corrected chi connectivity index (χ4v) is 4.39. The first-order chi connectivity index (χ1) is 11.0. The molecule has 0 unspecified atom stereocenters. The van der Waals surface area contributed by atoms with Crippen LogP contribution in [0.15, 0.2) is 65.7 Å². The van der Waals surface area contributed by atoms with Crippen LogP contribution in [-0.2, 0) is 16.4 Å². The second kappa shape index (κ2) is 4.94. The van der Waals surface area contributed by atoms with Gasteiger partial charge in [-0.1, -0.05) is 36.4 Å².